The van der Waals surface area contributed by atoms with Crippen molar-refractivity contribution in [1.82, 2.24) is 0 Å². The molecule has 1 aromatic rings. The summed E-state index contributed by atoms with van der Waals surface area (Å²) in [4.78, 5) is 0.244. The third kappa shape index (κ3) is 3.00. The Morgan fingerprint density at radius 2 is 2.19 bits per heavy atom. The van der Waals surface area contributed by atoms with Crippen LogP contribution >= 0.6 is 0 Å². The largest absolute Gasteiger partial charge is 0.495 e. The maximum atomic E-state index is 11.3. The van der Waals surface area contributed by atoms with E-state index in [0.29, 0.717) is 12.3 Å². The van der Waals surface area contributed by atoms with E-state index >= 15 is 0 Å². The number of anilines is 1. The molecule has 88 valence electrons. The Morgan fingerprint density at radius 3 is 2.69 bits per heavy atom. The van der Waals surface area contributed by atoms with E-state index in [1.165, 1.54) is 19.4 Å². The topological polar surface area (TPSA) is 55.4 Å². The molecule has 5 heteroatoms. The molecule has 1 N–H and O–H groups in total. The number of nitrogens with one attached hydrogen (secondary N) is 1. The molecule has 0 spiro atoms. The highest BCUT2D eigenvalue weighted by atomic mass is 32.2. The second kappa shape index (κ2) is 5.03. The fraction of sp³-hybridized carbons (Fsp3) is 0.273. The maximum absolute atomic E-state index is 11.3. The highest BCUT2D eigenvalue weighted by Crippen LogP contribution is 2.27. The van der Waals surface area contributed by atoms with E-state index in [9.17, 15) is 8.42 Å². The summed E-state index contributed by atoms with van der Waals surface area (Å²) in [6.45, 7) is 4.18. The van der Waals surface area contributed by atoms with Crippen LogP contribution in [0.25, 0.3) is 0 Å². The quantitative estimate of drug-likeness (QED) is 0.797. The first-order valence-electron chi connectivity index (χ1n) is 4.72. The van der Waals surface area contributed by atoms with Gasteiger partial charge in [-0.25, -0.2) is 8.42 Å². The fourth-order valence-electron chi connectivity index (χ4n) is 1.23. The Labute approximate surface area is 95.9 Å². The molecule has 16 heavy (non-hydrogen) atoms. The zero-order chi connectivity index (χ0) is 12.2. The molecule has 0 saturated carbocycles. The van der Waals surface area contributed by atoms with E-state index in [-0.39, 0.29) is 4.90 Å². The maximum Gasteiger partial charge on any atom is 0.175 e. The van der Waals surface area contributed by atoms with Crippen LogP contribution in [0.4, 0.5) is 5.69 Å². The molecule has 0 aliphatic heterocycles. The predicted octanol–water partition coefficient (Wildman–Crippen LogP) is 1.70. The van der Waals surface area contributed by atoms with E-state index in [1.807, 2.05) is 0 Å². The van der Waals surface area contributed by atoms with Gasteiger partial charge in [-0.2, -0.15) is 0 Å². The number of ether oxygens (including phenoxy) is 1. The average Bonchev–Trinajstić information content (AvgIpc) is 2.24. The van der Waals surface area contributed by atoms with Crippen LogP contribution in [-0.4, -0.2) is 28.3 Å². The van der Waals surface area contributed by atoms with Crippen molar-refractivity contribution in [2.75, 3.05) is 25.2 Å². The number of hydrogen-bond donors (Lipinski definition) is 1. The minimum Gasteiger partial charge on any atom is -0.495 e. The molecule has 0 atom stereocenters. The highest BCUT2D eigenvalue weighted by molar-refractivity contribution is 7.90. The second-order valence-electron chi connectivity index (χ2n) is 3.30. The van der Waals surface area contributed by atoms with Gasteiger partial charge in [0, 0.05) is 18.9 Å². The van der Waals surface area contributed by atoms with Gasteiger partial charge in [-0.05, 0) is 12.1 Å². The van der Waals surface area contributed by atoms with Gasteiger partial charge in [0.1, 0.15) is 5.75 Å². The first-order valence-corrected chi connectivity index (χ1v) is 6.61. The van der Waals surface area contributed by atoms with Crippen LogP contribution in [0, 0.1) is 0 Å². The molecule has 0 heterocycles. The molecule has 0 amide bonds. The summed E-state index contributed by atoms with van der Waals surface area (Å²) in [5.41, 5.74) is 0.745. The van der Waals surface area contributed by atoms with Gasteiger partial charge >= 0.3 is 0 Å². The molecule has 1 aromatic carbocycles. The molecule has 0 fully saturated rings. The summed E-state index contributed by atoms with van der Waals surface area (Å²) in [5, 5.41) is 3.05. The van der Waals surface area contributed by atoms with Crippen LogP contribution in [0.1, 0.15) is 0 Å². The van der Waals surface area contributed by atoms with Gasteiger partial charge in [0.2, 0.25) is 0 Å². The average molecular weight is 241 g/mol. The van der Waals surface area contributed by atoms with Crippen molar-refractivity contribution >= 4 is 15.5 Å². The SMILES string of the molecule is C=CCNc1ccc(S(C)(=O)=O)cc1OC. The van der Waals surface area contributed by atoms with Crippen molar-refractivity contribution in [1.29, 1.82) is 0 Å². The van der Waals surface area contributed by atoms with Crippen molar-refractivity contribution in [2.45, 2.75) is 4.90 Å². The molecule has 0 aromatic heterocycles. The molecular weight excluding hydrogens is 226 g/mol. The van der Waals surface area contributed by atoms with Crippen LogP contribution in [0.5, 0.6) is 5.75 Å². The Balaban J connectivity index is 3.11. The Bertz CT molecular complexity index is 480. The highest BCUT2D eigenvalue weighted by Gasteiger charge is 2.10. The number of benzene rings is 1. The fourth-order valence-corrected chi connectivity index (χ4v) is 1.87. The van der Waals surface area contributed by atoms with E-state index in [4.69, 9.17) is 4.74 Å². The monoisotopic (exact) mass is 241 g/mol. The molecule has 0 radical (unpaired) electrons. The third-order valence-electron chi connectivity index (χ3n) is 2.04. The summed E-state index contributed by atoms with van der Waals surface area (Å²) in [5.74, 6) is 0.504. The second-order valence-corrected chi connectivity index (χ2v) is 5.32. The van der Waals surface area contributed by atoms with E-state index in [0.717, 1.165) is 5.69 Å². The van der Waals surface area contributed by atoms with Gasteiger partial charge in [-0.3, -0.25) is 0 Å². The smallest absolute Gasteiger partial charge is 0.175 e. The normalized spacial score (nSPS) is 10.9. The third-order valence-corrected chi connectivity index (χ3v) is 3.15. The van der Waals surface area contributed by atoms with E-state index in [1.54, 1.807) is 18.2 Å². The molecule has 1 rings (SSSR count). The lowest BCUT2D eigenvalue weighted by atomic mass is 10.3. The van der Waals surface area contributed by atoms with Crippen LogP contribution in [0.2, 0.25) is 0 Å². The summed E-state index contributed by atoms with van der Waals surface area (Å²) in [6, 6.07) is 4.72. The minimum atomic E-state index is -3.20. The van der Waals surface area contributed by atoms with Crippen molar-refractivity contribution in [2.24, 2.45) is 0 Å². The van der Waals surface area contributed by atoms with Crippen molar-refractivity contribution in [3.8, 4) is 5.75 Å². The lowest BCUT2D eigenvalue weighted by Gasteiger charge is -2.10. The Hall–Kier alpha value is -1.49. The van der Waals surface area contributed by atoms with Crippen LogP contribution < -0.4 is 10.1 Å². The minimum absolute atomic E-state index is 0.244. The van der Waals surface area contributed by atoms with Gasteiger partial charge in [0.15, 0.2) is 9.84 Å². The number of sulfone groups is 1. The standard InChI is InChI=1S/C11H15NO3S/c1-4-7-12-10-6-5-9(16(3,13)14)8-11(10)15-2/h4-6,8,12H,1,7H2,2-3H3. The van der Waals surface area contributed by atoms with Gasteiger partial charge in [-0.15, -0.1) is 6.58 Å². The molecule has 0 bridgehead atoms. The molecule has 0 aliphatic rings. The van der Waals surface area contributed by atoms with Crippen molar-refractivity contribution in [3.05, 3.63) is 30.9 Å². The molecule has 0 aliphatic carbocycles. The first-order chi connectivity index (χ1) is 7.49. The molecule has 0 saturated heterocycles. The number of methoxy groups -OCH3 is 1. The van der Waals surface area contributed by atoms with Gasteiger partial charge in [0.25, 0.3) is 0 Å². The van der Waals surface area contributed by atoms with Gasteiger partial charge in [0.05, 0.1) is 17.7 Å². The van der Waals surface area contributed by atoms with Crippen LogP contribution in [0.15, 0.2) is 35.7 Å². The van der Waals surface area contributed by atoms with Crippen LogP contribution in [0.3, 0.4) is 0 Å². The van der Waals surface area contributed by atoms with Crippen LogP contribution in [-0.2, 0) is 9.84 Å². The van der Waals surface area contributed by atoms with Crippen molar-refractivity contribution in [3.63, 3.8) is 0 Å². The lowest BCUT2D eigenvalue weighted by molar-refractivity contribution is 0.415. The zero-order valence-corrected chi connectivity index (χ0v) is 10.2. The molecular formula is C11H15NO3S. The molecule has 4 nitrogen and oxygen atoms in total. The van der Waals surface area contributed by atoms with E-state index < -0.39 is 9.84 Å². The summed E-state index contributed by atoms with van der Waals surface area (Å²) >= 11 is 0. The predicted molar refractivity (Wildman–Crippen MR) is 64.8 cm³/mol. The van der Waals surface area contributed by atoms with Crippen molar-refractivity contribution < 1.29 is 13.2 Å². The van der Waals surface area contributed by atoms with E-state index in [2.05, 4.69) is 11.9 Å². The first kappa shape index (κ1) is 12.6. The zero-order valence-electron chi connectivity index (χ0n) is 9.36. The summed E-state index contributed by atoms with van der Waals surface area (Å²) in [6.07, 6.45) is 2.88. The number of hydrogen-bond acceptors (Lipinski definition) is 4. The molecule has 0 unspecified atom stereocenters. The lowest BCUT2D eigenvalue weighted by Crippen LogP contribution is -2.03. The Kier molecular flexibility index (Phi) is 3.95. The summed E-state index contributed by atoms with van der Waals surface area (Å²) < 4.78 is 27.8. The summed E-state index contributed by atoms with van der Waals surface area (Å²) in [7, 11) is -1.70. The van der Waals surface area contributed by atoms with Gasteiger partial charge in [-0.1, -0.05) is 6.08 Å². The van der Waals surface area contributed by atoms with Gasteiger partial charge < -0.3 is 10.1 Å². The Morgan fingerprint density at radius 1 is 1.50 bits per heavy atom. The number of rotatable bonds is 5.